The molecule has 0 radical (unpaired) electrons. The van der Waals surface area contributed by atoms with E-state index in [2.05, 4.69) is 10.2 Å². The van der Waals surface area contributed by atoms with Crippen molar-refractivity contribution in [2.75, 3.05) is 32.7 Å². The van der Waals surface area contributed by atoms with Crippen LogP contribution in [0, 0.1) is 0 Å². The fourth-order valence-electron chi connectivity index (χ4n) is 2.06. The SMILES string of the molecule is Cl.Cl.NCCCC(=O)NCCCN1CCCCC1. The monoisotopic (exact) mass is 299 g/mol. The van der Waals surface area contributed by atoms with Crippen LogP contribution in [0.15, 0.2) is 0 Å². The van der Waals surface area contributed by atoms with Crippen LogP contribution in [-0.4, -0.2) is 43.5 Å². The molecular weight excluding hydrogens is 273 g/mol. The lowest BCUT2D eigenvalue weighted by Crippen LogP contribution is -2.33. The Kier molecular flexibility index (Phi) is 15.1. The van der Waals surface area contributed by atoms with Crippen molar-refractivity contribution < 1.29 is 4.79 Å². The number of amides is 1. The standard InChI is InChI=1S/C12H25N3O.2ClH/c13-7-4-6-12(16)14-8-5-11-15-9-2-1-3-10-15;;/h1-11,13H2,(H,14,16);2*1H. The molecule has 0 spiro atoms. The topological polar surface area (TPSA) is 58.4 Å². The van der Waals surface area contributed by atoms with E-state index in [1.165, 1.54) is 32.4 Å². The molecule has 0 bridgehead atoms. The largest absolute Gasteiger partial charge is 0.356 e. The molecule has 1 rings (SSSR count). The van der Waals surface area contributed by atoms with E-state index in [0.717, 1.165) is 25.9 Å². The van der Waals surface area contributed by atoms with Gasteiger partial charge < -0.3 is 16.0 Å². The third-order valence-electron chi connectivity index (χ3n) is 3.03. The highest BCUT2D eigenvalue weighted by Crippen LogP contribution is 2.08. The molecule has 18 heavy (non-hydrogen) atoms. The van der Waals surface area contributed by atoms with Crippen LogP contribution in [0.2, 0.25) is 0 Å². The Hall–Kier alpha value is -0.0300. The van der Waals surface area contributed by atoms with Crippen LogP contribution in [0.25, 0.3) is 0 Å². The molecule has 1 aliphatic rings. The van der Waals surface area contributed by atoms with E-state index in [1.54, 1.807) is 0 Å². The van der Waals surface area contributed by atoms with Crippen LogP contribution in [0.3, 0.4) is 0 Å². The van der Waals surface area contributed by atoms with Crippen LogP contribution in [0.4, 0.5) is 0 Å². The van der Waals surface area contributed by atoms with Gasteiger partial charge in [0.05, 0.1) is 0 Å². The Labute approximate surface area is 123 Å². The molecule has 0 aromatic carbocycles. The molecule has 1 saturated heterocycles. The first kappa shape index (κ1) is 20.3. The number of nitrogens with two attached hydrogens (primary N) is 1. The second kappa shape index (κ2) is 13.4. The number of rotatable bonds is 7. The smallest absolute Gasteiger partial charge is 0.220 e. The first-order valence-electron chi connectivity index (χ1n) is 6.52. The molecule has 3 N–H and O–H groups in total. The van der Waals surface area contributed by atoms with Gasteiger partial charge in [-0.2, -0.15) is 0 Å². The average Bonchev–Trinajstić information content (AvgIpc) is 2.33. The number of hydrogen-bond donors (Lipinski definition) is 2. The Balaban J connectivity index is 0. The van der Waals surface area contributed by atoms with Gasteiger partial charge in [0.15, 0.2) is 0 Å². The van der Waals surface area contributed by atoms with Crippen molar-refractivity contribution in [1.29, 1.82) is 0 Å². The summed E-state index contributed by atoms with van der Waals surface area (Å²) >= 11 is 0. The van der Waals surface area contributed by atoms with Crippen molar-refractivity contribution in [3.8, 4) is 0 Å². The highest BCUT2D eigenvalue weighted by molar-refractivity contribution is 5.85. The zero-order valence-corrected chi connectivity index (χ0v) is 12.7. The Morgan fingerprint density at radius 2 is 1.78 bits per heavy atom. The number of carbonyl (C=O) groups is 1. The molecule has 0 aliphatic carbocycles. The maximum absolute atomic E-state index is 11.3. The molecule has 0 aromatic rings. The average molecular weight is 300 g/mol. The third-order valence-corrected chi connectivity index (χ3v) is 3.03. The normalized spacial score (nSPS) is 15.4. The van der Waals surface area contributed by atoms with Gasteiger partial charge in [-0.05, 0) is 51.9 Å². The van der Waals surface area contributed by atoms with Gasteiger partial charge >= 0.3 is 0 Å². The Morgan fingerprint density at radius 1 is 1.11 bits per heavy atom. The molecule has 1 aliphatic heterocycles. The number of hydrogen-bond acceptors (Lipinski definition) is 3. The quantitative estimate of drug-likeness (QED) is 0.702. The van der Waals surface area contributed by atoms with Crippen LogP contribution >= 0.6 is 24.8 Å². The number of nitrogens with zero attached hydrogens (tertiary/aromatic N) is 1. The molecular formula is C12H27Cl2N3O. The summed E-state index contributed by atoms with van der Waals surface area (Å²) in [5.74, 6) is 0.143. The van der Waals surface area contributed by atoms with Gasteiger partial charge in [-0.3, -0.25) is 4.79 Å². The second-order valence-corrected chi connectivity index (χ2v) is 4.50. The first-order valence-corrected chi connectivity index (χ1v) is 6.52. The van der Waals surface area contributed by atoms with E-state index < -0.39 is 0 Å². The lowest BCUT2D eigenvalue weighted by atomic mass is 10.1. The van der Waals surface area contributed by atoms with Gasteiger partial charge in [0, 0.05) is 13.0 Å². The maximum atomic E-state index is 11.3. The zero-order chi connectivity index (χ0) is 11.6. The summed E-state index contributed by atoms with van der Waals surface area (Å²) in [4.78, 5) is 13.8. The van der Waals surface area contributed by atoms with E-state index in [4.69, 9.17) is 5.73 Å². The predicted molar refractivity (Wildman–Crippen MR) is 80.7 cm³/mol. The van der Waals surface area contributed by atoms with Gasteiger partial charge in [-0.25, -0.2) is 0 Å². The fourth-order valence-corrected chi connectivity index (χ4v) is 2.06. The molecule has 1 heterocycles. The van der Waals surface area contributed by atoms with E-state index in [0.29, 0.717) is 13.0 Å². The maximum Gasteiger partial charge on any atom is 0.220 e. The van der Waals surface area contributed by atoms with Gasteiger partial charge in [-0.1, -0.05) is 6.42 Å². The molecule has 1 amide bonds. The van der Waals surface area contributed by atoms with Crippen LogP contribution < -0.4 is 11.1 Å². The van der Waals surface area contributed by atoms with Crippen molar-refractivity contribution in [3.63, 3.8) is 0 Å². The number of piperidine rings is 1. The molecule has 6 heteroatoms. The van der Waals surface area contributed by atoms with Gasteiger partial charge in [0.2, 0.25) is 5.91 Å². The third kappa shape index (κ3) is 9.95. The summed E-state index contributed by atoms with van der Waals surface area (Å²) in [5, 5.41) is 2.94. The predicted octanol–water partition coefficient (Wildman–Crippen LogP) is 1.56. The molecule has 110 valence electrons. The van der Waals surface area contributed by atoms with Crippen LogP contribution in [0.5, 0.6) is 0 Å². The minimum Gasteiger partial charge on any atom is -0.356 e. The Bertz CT molecular complexity index is 200. The molecule has 0 saturated carbocycles. The number of likely N-dealkylation sites (tertiary alicyclic amines) is 1. The summed E-state index contributed by atoms with van der Waals surface area (Å²) in [5.41, 5.74) is 5.34. The molecule has 0 atom stereocenters. The van der Waals surface area contributed by atoms with E-state index in [-0.39, 0.29) is 30.7 Å². The van der Waals surface area contributed by atoms with Crippen molar-refractivity contribution in [3.05, 3.63) is 0 Å². The summed E-state index contributed by atoms with van der Waals surface area (Å²) in [6, 6.07) is 0. The first-order chi connectivity index (χ1) is 7.83. The van der Waals surface area contributed by atoms with Crippen molar-refractivity contribution in [2.45, 2.75) is 38.5 Å². The fraction of sp³-hybridized carbons (Fsp3) is 0.917. The minimum atomic E-state index is 0. The number of nitrogens with one attached hydrogen (secondary N) is 1. The summed E-state index contributed by atoms with van der Waals surface area (Å²) in [7, 11) is 0. The van der Waals surface area contributed by atoms with Gasteiger partial charge in [-0.15, -0.1) is 24.8 Å². The minimum absolute atomic E-state index is 0. The molecule has 0 unspecified atom stereocenters. The summed E-state index contributed by atoms with van der Waals surface area (Å²) < 4.78 is 0. The van der Waals surface area contributed by atoms with Crippen molar-refractivity contribution in [2.24, 2.45) is 5.73 Å². The van der Waals surface area contributed by atoms with Crippen molar-refractivity contribution in [1.82, 2.24) is 10.2 Å². The van der Waals surface area contributed by atoms with Crippen LogP contribution in [-0.2, 0) is 4.79 Å². The number of halogens is 2. The number of carbonyl (C=O) groups excluding carboxylic acids is 1. The van der Waals surface area contributed by atoms with Gasteiger partial charge in [0.25, 0.3) is 0 Å². The Morgan fingerprint density at radius 3 is 2.39 bits per heavy atom. The molecule has 1 fully saturated rings. The van der Waals surface area contributed by atoms with E-state index in [1.807, 2.05) is 0 Å². The molecule has 0 aromatic heterocycles. The summed E-state index contributed by atoms with van der Waals surface area (Å²) in [6.07, 6.45) is 6.48. The highest BCUT2D eigenvalue weighted by Gasteiger charge is 2.09. The van der Waals surface area contributed by atoms with Crippen LogP contribution in [0.1, 0.15) is 38.5 Å². The molecule has 4 nitrogen and oxygen atoms in total. The zero-order valence-electron chi connectivity index (χ0n) is 11.0. The van der Waals surface area contributed by atoms with E-state index >= 15 is 0 Å². The lowest BCUT2D eigenvalue weighted by Gasteiger charge is -2.26. The lowest BCUT2D eigenvalue weighted by molar-refractivity contribution is -0.121. The highest BCUT2D eigenvalue weighted by atomic mass is 35.5. The van der Waals surface area contributed by atoms with Crippen molar-refractivity contribution >= 4 is 30.7 Å². The van der Waals surface area contributed by atoms with Gasteiger partial charge in [0.1, 0.15) is 0 Å². The second-order valence-electron chi connectivity index (χ2n) is 4.50. The van der Waals surface area contributed by atoms with E-state index in [9.17, 15) is 4.79 Å². The summed E-state index contributed by atoms with van der Waals surface area (Å²) in [6.45, 7) is 5.00.